The van der Waals surface area contributed by atoms with Crippen LogP contribution in [-0.2, 0) is 0 Å². The van der Waals surface area contributed by atoms with Gasteiger partial charge in [0.05, 0.1) is 0 Å². The fourth-order valence-corrected chi connectivity index (χ4v) is 2.06. The summed E-state index contributed by atoms with van der Waals surface area (Å²) in [5.41, 5.74) is 5.84. The lowest BCUT2D eigenvalue weighted by atomic mass is 10.4. The molecule has 0 atom stereocenters. The van der Waals surface area contributed by atoms with Crippen molar-refractivity contribution in [3.8, 4) is 0 Å². The molecule has 7 heteroatoms. The van der Waals surface area contributed by atoms with Crippen LogP contribution in [0.25, 0.3) is 0 Å². The molecule has 1 aromatic heterocycles. The van der Waals surface area contributed by atoms with Crippen molar-refractivity contribution in [1.29, 1.82) is 0 Å². The van der Waals surface area contributed by atoms with Gasteiger partial charge in [0.15, 0.2) is 11.0 Å². The maximum atomic E-state index is 8.58. The number of halogens is 1. The van der Waals surface area contributed by atoms with Gasteiger partial charge in [0, 0.05) is 16.1 Å². The van der Waals surface area contributed by atoms with Crippen LogP contribution in [0, 0.1) is 0 Å². The van der Waals surface area contributed by atoms with Crippen molar-refractivity contribution in [3.63, 3.8) is 0 Å². The minimum absolute atomic E-state index is 0.0460. The van der Waals surface area contributed by atoms with Gasteiger partial charge in [-0.1, -0.05) is 16.8 Å². The molecule has 0 fully saturated rings. The molecule has 0 aliphatic rings. The Hall–Kier alpha value is -1.79. The Morgan fingerprint density at radius 2 is 2.00 bits per heavy atom. The van der Waals surface area contributed by atoms with Gasteiger partial charge in [-0.2, -0.15) is 0 Å². The third-order valence-electron chi connectivity index (χ3n) is 2.03. The van der Waals surface area contributed by atoms with E-state index in [0.29, 0.717) is 15.9 Å². The van der Waals surface area contributed by atoms with Crippen molar-refractivity contribution in [1.82, 2.24) is 9.97 Å². The molecule has 92 valence electrons. The standard InChI is InChI=1S/C11H9ClN4OS/c12-7-1-3-8(4-2-7)18-11-14-6-5-9(15-11)10(13)16-17/h1-6,17H,(H2,13,16). The van der Waals surface area contributed by atoms with Crippen molar-refractivity contribution < 1.29 is 5.21 Å². The lowest BCUT2D eigenvalue weighted by Crippen LogP contribution is -2.15. The first kappa shape index (κ1) is 12.7. The third-order valence-corrected chi connectivity index (χ3v) is 3.17. The Bertz CT molecular complexity index is 574. The van der Waals surface area contributed by atoms with Gasteiger partial charge in [0.1, 0.15) is 5.69 Å². The predicted molar refractivity (Wildman–Crippen MR) is 70.1 cm³/mol. The first-order valence-electron chi connectivity index (χ1n) is 4.93. The van der Waals surface area contributed by atoms with Crippen LogP contribution in [0.4, 0.5) is 0 Å². The quantitative estimate of drug-likeness (QED) is 0.296. The van der Waals surface area contributed by atoms with Crippen LogP contribution in [0.3, 0.4) is 0 Å². The second-order valence-electron chi connectivity index (χ2n) is 3.27. The van der Waals surface area contributed by atoms with Gasteiger partial charge in [-0.05, 0) is 42.1 Å². The zero-order chi connectivity index (χ0) is 13.0. The van der Waals surface area contributed by atoms with E-state index in [1.807, 2.05) is 12.1 Å². The fourth-order valence-electron chi connectivity index (χ4n) is 1.19. The first-order valence-corrected chi connectivity index (χ1v) is 6.13. The number of amidine groups is 1. The van der Waals surface area contributed by atoms with Gasteiger partial charge in [0.2, 0.25) is 0 Å². The van der Waals surface area contributed by atoms with E-state index in [0.717, 1.165) is 4.90 Å². The third kappa shape index (κ3) is 3.12. The zero-order valence-corrected chi connectivity index (χ0v) is 10.7. The summed E-state index contributed by atoms with van der Waals surface area (Å²) in [5.74, 6) is -0.0460. The molecule has 0 saturated carbocycles. The number of hydrogen-bond acceptors (Lipinski definition) is 5. The summed E-state index contributed by atoms with van der Waals surface area (Å²) in [6, 6.07) is 8.88. The average Bonchev–Trinajstić information content (AvgIpc) is 2.41. The average molecular weight is 281 g/mol. The highest BCUT2D eigenvalue weighted by Crippen LogP contribution is 2.25. The van der Waals surface area contributed by atoms with Crippen molar-refractivity contribution in [2.75, 3.05) is 0 Å². The molecule has 0 amide bonds. The summed E-state index contributed by atoms with van der Waals surface area (Å²) < 4.78 is 0. The van der Waals surface area contributed by atoms with Gasteiger partial charge in [0.25, 0.3) is 0 Å². The van der Waals surface area contributed by atoms with E-state index in [9.17, 15) is 0 Å². The summed E-state index contributed by atoms with van der Waals surface area (Å²) in [6.45, 7) is 0. The number of hydrogen-bond donors (Lipinski definition) is 2. The number of benzene rings is 1. The Labute approximate surface area is 113 Å². The van der Waals surface area contributed by atoms with Crippen LogP contribution in [0.2, 0.25) is 5.02 Å². The Morgan fingerprint density at radius 3 is 2.67 bits per heavy atom. The van der Waals surface area contributed by atoms with Crippen LogP contribution in [-0.4, -0.2) is 21.0 Å². The minimum Gasteiger partial charge on any atom is -0.409 e. The summed E-state index contributed by atoms with van der Waals surface area (Å²) in [6.07, 6.45) is 1.55. The molecule has 5 nitrogen and oxygen atoms in total. The fraction of sp³-hybridized carbons (Fsp3) is 0. The first-order chi connectivity index (χ1) is 8.69. The zero-order valence-electron chi connectivity index (χ0n) is 9.12. The van der Waals surface area contributed by atoms with Crippen LogP contribution in [0.15, 0.2) is 51.7 Å². The molecule has 18 heavy (non-hydrogen) atoms. The Morgan fingerprint density at radius 1 is 1.28 bits per heavy atom. The van der Waals surface area contributed by atoms with E-state index < -0.39 is 0 Å². The number of nitrogens with zero attached hydrogens (tertiary/aromatic N) is 3. The Kier molecular flexibility index (Phi) is 4.01. The molecular weight excluding hydrogens is 272 g/mol. The van der Waals surface area contributed by atoms with Gasteiger partial charge >= 0.3 is 0 Å². The van der Waals surface area contributed by atoms with E-state index in [2.05, 4.69) is 15.1 Å². The molecule has 0 saturated heterocycles. The molecular formula is C11H9ClN4OS. The van der Waals surface area contributed by atoms with E-state index >= 15 is 0 Å². The molecule has 3 N–H and O–H groups in total. The second-order valence-corrected chi connectivity index (χ2v) is 4.74. The van der Waals surface area contributed by atoms with E-state index in [1.54, 1.807) is 24.4 Å². The molecule has 0 radical (unpaired) electrons. The van der Waals surface area contributed by atoms with E-state index in [4.69, 9.17) is 22.5 Å². The van der Waals surface area contributed by atoms with E-state index in [1.165, 1.54) is 11.8 Å². The maximum absolute atomic E-state index is 8.58. The largest absolute Gasteiger partial charge is 0.409 e. The van der Waals surface area contributed by atoms with Gasteiger partial charge in [-0.3, -0.25) is 0 Å². The van der Waals surface area contributed by atoms with Crippen molar-refractivity contribution in [2.45, 2.75) is 10.1 Å². The molecule has 0 unspecified atom stereocenters. The van der Waals surface area contributed by atoms with Gasteiger partial charge in [-0.15, -0.1) is 0 Å². The Balaban J connectivity index is 2.22. The lowest BCUT2D eigenvalue weighted by molar-refractivity contribution is 0.318. The van der Waals surface area contributed by atoms with Crippen molar-refractivity contribution in [3.05, 3.63) is 47.2 Å². The molecule has 2 rings (SSSR count). The number of oxime groups is 1. The lowest BCUT2D eigenvalue weighted by Gasteiger charge is -2.02. The predicted octanol–water partition coefficient (Wildman–Crippen LogP) is 2.38. The SMILES string of the molecule is N/C(=N/O)c1ccnc(Sc2ccc(Cl)cc2)n1. The van der Waals surface area contributed by atoms with E-state index in [-0.39, 0.29) is 5.84 Å². The highest BCUT2D eigenvalue weighted by molar-refractivity contribution is 7.99. The van der Waals surface area contributed by atoms with Crippen LogP contribution in [0.1, 0.15) is 5.69 Å². The molecule has 1 aromatic carbocycles. The number of nitrogens with two attached hydrogens (primary N) is 1. The summed E-state index contributed by atoms with van der Waals surface area (Å²) in [4.78, 5) is 9.22. The summed E-state index contributed by atoms with van der Waals surface area (Å²) in [5, 5.41) is 12.7. The maximum Gasteiger partial charge on any atom is 0.193 e. The molecule has 2 aromatic rings. The molecule has 0 spiro atoms. The number of aromatic nitrogens is 2. The summed E-state index contributed by atoms with van der Waals surface area (Å²) in [7, 11) is 0. The molecule has 0 bridgehead atoms. The number of rotatable bonds is 3. The van der Waals surface area contributed by atoms with Crippen LogP contribution in [0.5, 0.6) is 0 Å². The monoisotopic (exact) mass is 280 g/mol. The minimum atomic E-state index is -0.0460. The molecule has 1 heterocycles. The molecule has 0 aliphatic carbocycles. The van der Waals surface area contributed by atoms with Crippen LogP contribution >= 0.6 is 23.4 Å². The smallest absolute Gasteiger partial charge is 0.193 e. The van der Waals surface area contributed by atoms with Crippen LogP contribution < -0.4 is 5.73 Å². The topological polar surface area (TPSA) is 84.4 Å². The molecule has 0 aliphatic heterocycles. The van der Waals surface area contributed by atoms with Gasteiger partial charge < -0.3 is 10.9 Å². The second kappa shape index (κ2) is 5.70. The highest BCUT2D eigenvalue weighted by Gasteiger charge is 2.05. The summed E-state index contributed by atoms with van der Waals surface area (Å²) >= 11 is 7.16. The van der Waals surface area contributed by atoms with Gasteiger partial charge in [-0.25, -0.2) is 9.97 Å². The van der Waals surface area contributed by atoms with Crippen molar-refractivity contribution in [2.24, 2.45) is 10.9 Å². The highest BCUT2D eigenvalue weighted by atomic mass is 35.5. The normalized spacial score (nSPS) is 11.5. The van der Waals surface area contributed by atoms with Crippen molar-refractivity contribution >= 4 is 29.2 Å².